The average Bonchev–Trinajstić information content (AvgIpc) is 2.76. The van der Waals surface area contributed by atoms with Crippen molar-refractivity contribution in [2.45, 2.75) is 40.7 Å². The smallest absolute Gasteiger partial charge is 0.350 e. The highest BCUT2D eigenvalue weighted by molar-refractivity contribution is 7.17. The lowest BCUT2D eigenvalue weighted by Crippen LogP contribution is -2.46. The molecule has 2 N–H and O–H groups in total. The molecule has 8 heteroatoms. The Labute approximate surface area is 133 Å². The van der Waals surface area contributed by atoms with Crippen molar-refractivity contribution in [3.05, 3.63) is 10.6 Å². The molecule has 0 fully saturated rings. The fourth-order valence-electron chi connectivity index (χ4n) is 1.77. The molecule has 0 saturated heterocycles. The summed E-state index contributed by atoms with van der Waals surface area (Å²) in [6, 6.07) is -0.659. The number of thiazole rings is 1. The molecule has 122 valence electrons. The van der Waals surface area contributed by atoms with Crippen LogP contribution in [0.5, 0.6) is 0 Å². The number of nitrogens with one attached hydrogen (secondary N) is 2. The first-order chi connectivity index (χ1) is 10.3. The summed E-state index contributed by atoms with van der Waals surface area (Å²) in [5, 5.41) is 5.54. The first-order valence-electron chi connectivity index (χ1n) is 6.98. The summed E-state index contributed by atoms with van der Waals surface area (Å²) in [5.41, 5.74) is 0.499. The Hall–Kier alpha value is -1.96. The topological polar surface area (TPSA) is 97.4 Å². The van der Waals surface area contributed by atoms with E-state index in [2.05, 4.69) is 15.6 Å². The maximum Gasteiger partial charge on any atom is 0.350 e. The van der Waals surface area contributed by atoms with Crippen LogP contribution in [0.15, 0.2) is 0 Å². The number of carbonyl (C=O) groups is 3. The van der Waals surface area contributed by atoms with Crippen molar-refractivity contribution in [1.82, 2.24) is 10.3 Å². The SMILES string of the molecule is CCOC(=O)c1sc(NC(=O)C(NC(C)=O)C(C)C)nc1C. The van der Waals surface area contributed by atoms with Gasteiger partial charge in [0.1, 0.15) is 10.9 Å². The lowest BCUT2D eigenvalue weighted by Gasteiger charge is -2.20. The Morgan fingerprint density at radius 1 is 1.32 bits per heavy atom. The summed E-state index contributed by atoms with van der Waals surface area (Å²) >= 11 is 1.05. The number of hydrogen-bond acceptors (Lipinski definition) is 6. The monoisotopic (exact) mass is 327 g/mol. The lowest BCUT2D eigenvalue weighted by molar-refractivity contribution is -0.126. The summed E-state index contributed by atoms with van der Waals surface area (Å²) in [4.78, 5) is 39.6. The molecule has 0 radical (unpaired) electrons. The third-order valence-electron chi connectivity index (χ3n) is 2.80. The standard InChI is InChI=1S/C14H21N3O4S/c1-6-21-13(20)11-8(4)15-14(22-11)17-12(19)10(7(2)3)16-9(5)18/h7,10H,6H2,1-5H3,(H,16,18)(H,15,17,19). The third-order valence-corrected chi connectivity index (χ3v) is 3.85. The Morgan fingerprint density at radius 2 is 1.95 bits per heavy atom. The quantitative estimate of drug-likeness (QED) is 0.776. The number of aromatic nitrogens is 1. The van der Waals surface area contributed by atoms with Gasteiger partial charge in [0.25, 0.3) is 0 Å². The van der Waals surface area contributed by atoms with E-state index in [0.717, 1.165) is 11.3 Å². The molecule has 0 bridgehead atoms. The van der Waals surface area contributed by atoms with Crippen molar-refractivity contribution in [2.75, 3.05) is 11.9 Å². The normalized spacial score (nSPS) is 11.9. The predicted octanol–water partition coefficient (Wildman–Crippen LogP) is 1.73. The van der Waals surface area contributed by atoms with Gasteiger partial charge in [0, 0.05) is 6.92 Å². The number of rotatable bonds is 6. The van der Waals surface area contributed by atoms with Crippen LogP contribution in [-0.4, -0.2) is 35.4 Å². The van der Waals surface area contributed by atoms with Crippen LogP contribution in [-0.2, 0) is 14.3 Å². The van der Waals surface area contributed by atoms with Crippen LogP contribution in [0.2, 0.25) is 0 Å². The van der Waals surface area contributed by atoms with Crippen molar-refractivity contribution < 1.29 is 19.1 Å². The molecular weight excluding hydrogens is 306 g/mol. The van der Waals surface area contributed by atoms with Gasteiger partial charge in [-0.2, -0.15) is 0 Å². The highest BCUT2D eigenvalue weighted by Crippen LogP contribution is 2.23. The van der Waals surface area contributed by atoms with Crippen molar-refractivity contribution in [1.29, 1.82) is 0 Å². The number of carbonyl (C=O) groups excluding carboxylic acids is 3. The second-order valence-corrected chi connectivity index (χ2v) is 6.06. The van der Waals surface area contributed by atoms with Crippen molar-refractivity contribution in [3.8, 4) is 0 Å². The van der Waals surface area contributed by atoms with Gasteiger partial charge in [-0.1, -0.05) is 25.2 Å². The van der Waals surface area contributed by atoms with E-state index >= 15 is 0 Å². The summed E-state index contributed by atoms with van der Waals surface area (Å²) < 4.78 is 4.93. The number of aryl methyl sites for hydroxylation is 1. The minimum absolute atomic E-state index is 0.0745. The summed E-state index contributed by atoms with van der Waals surface area (Å²) in [6.45, 7) is 8.68. The first-order valence-corrected chi connectivity index (χ1v) is 7.80. The molecule has 0 aliphatic heterocycles. The molecule has 1 atom stereocenters. The maximum absolute atomic E-state index is 12.2. The minimum atomic E-state index is -0.659. The predicted molar refractivity (Wildman–Crippen MR) is 83.9 cm³/mol. The number of ether oxygens (including phenoxy) is 1. The molecule has 0 aliphatic carbocycles. The van der Waals surface area contributed by atoms with Crippen molar-refractivity contribution in [3.63, 3.8) is 0 Å². The van der Waals surface area contributed by atoms with Gasteiger partial charge in [0.15, 0.2) is 5.13 Å². The first kappa shape index (κ1) is 18.1. The zero-order chi connectivity index (χ0) is 16.9. The highest BCUT2D eigenvalue weighted by Gasteiger charge is 2.25. The molecule has 7 nitrogen and oxygen atoms in total. The van der Waals surface area contributed by atoms with Gasteiger partial charge in [0.05, 0.1) is 12.3 Å². The van der Waals surface area contributed by atoms with Crippen LogP contribution < -0.4 is 10.6 Å². The largest absolute Gasteiger partial charge is 0.462 e. The molecule has 0 aliphatic rings. The Morgan fingerprint density at radius 3 is 2.45 bits per heavy atom. The lowest BCUT2D eigenvalue weighted by atomic mass is 10.0. The van der Waals surface area contributed by atoms with Gasteiger partial charge in [0.2, 0.25) is 11.8 Å². The third kappa shape index (κ3) is 4.80. The zero-order valence-corrected chi connectivity index (χ0v) is 14.2. The van der Waals surface area contributed by atoms with Gasteiger partial charge in [-0.15, -0.1) is 0 Å². The van der Waals surface area contributed by atoms with Crippen molar-refractivity contribution in [2.24, 2.45) is 5.92 Å². The molecule has 0 saturated carbocycles. The molecule has 2 amide bonds. The van der Waals surface area contributed by atoms with E-state index in [4.69, 9.17) is 4.74 Å². The van der Waals surface area contributed by atoms with Gasteiger partial charge in [-0.05, 0) is 19.8 Å². The fourth-order valence-corrected chi connectivity index (χ4v) is 2.64. The van der Waals surface area contributed by atoms with Gasteiger partial charge in [-0.25, -0.2) is 9.78 Å². The van der Waals surface area contributed by atoms with E-state index in [9.17, 15) is 14.4 Å². The summed E-state index contributed by atoms with van der Waals surface area (Å²) in [7, 11) is 0. The molecule has 1 aromatic rings. The van der Waals surface area contributed by atoms with Crippen LogP contribution in [0.1, 0.15) is 43.1 Å². The molecule has 1 unspecified atom stereocenters. The van der Waals surface area contributed by atoms with E-state index in [1.807, 2.05) is 13.8 Å². The van der Waals surface area contributed by atoms with E-state index in [1.165, 1.54) is 6.92 Å². The molecule has 1 rings (SSSR count). The van der Waals surface area contributed by atoms with Crippen molar-refractivity contribution >= 4 is 34.3 Å². The van der Waals surface area contributed by atoms with Gasteiger partial charge in [-0.3, -0.25) is 9.59 Å². The number of hydrogen-bond donors (Lipinski definition) is 2. The molecule has 1 heterocycles. The Balaban J connectivity index is 2.85. The molecule has 0 aromatic carbocycles. The Bertz CT molecular complexity index is 568. The van der Waals surface area contributed by atoms with E-state index in [0.29, 0.717) is 15.7 Å². The maximum atomic E-state index is 12.2. The molecule has 1 aromatic heterocycles. The molecule has 22 heavy (non-hydrogen) atoms. The van der Waals surface area contributed by atoms with Crippen LogP contribution in [0, 0.1) is 12.8 Å². The fraction of sp³-hybridized carbons (Fsp3) is 0.571. The van der Waals surface area contributed by atoms with Crippen LogP contribution in [0.25, 0.3) is 0 Å². The zero-order valence-electron chi connectivity index (χ0n) is 13.4. The summed E-state index contributed by atoms with van der Waals surface area (Å²) in [6.07, 6.45) is 0. The highest BCUT2D eigenvalue weighted by atomic mass is 32.1. The second kappa shape index (κ2) is 7.88. The van der Waals surface area contributed by atoms with Crippen LogP contribution >= 0.6 is 11.3 Å². The number of nitrogens with zero attached hydrogens (tertiary/aromatic N) is 1. The second-order valence-electron chi connectivity index (χ2n) is 5.07. The minimum Gasteiger partial charge on any atom is -0.462 e. The van der Waals surface area contributed by atoms with Crippen LogP contribution in [0.4, 0.5) is 5.13 Å². The number of esters is 1. The Kier molecular flexibility index (Phi) is 6.48. The average molecular weight is 327 g/mol. The molecule has 0 spiro atoms. The number of amides is 2. The van der Waals surface area contributed by atoms with Crippen LogP contribution in [0.3, 0.4) is 0 Å². The summed E-state index contributed by atoms with van der Waals surface area (Å²) in [5.74, 6) is -1.18. The van der Waals surface area contributed by atoms with Gasteiger partial charge >= 0.3 is 5.97 Å². The number of anilines is 1. The van der Waals surface area contributed by atoms with E-state index in [-0.39, 0.29) is 24.3 Å². The van der Waals surface area contributed by atoms with E-state index < -0.39 is 12.0 Å². The van der Waals surface area contributed by atoms with E-state index in [1.54, 1.807) is 13.8 Å². The van der Waals surface area contributed by atoms with Gasteiger partial charge < -0.3 is 15.4 Å². The molecular formula is C14H21N3O4S.